The largest absolute Gasteiger partial charge is 0.452 e. The molecule has 0 spiro atoms. The van der Waals surface area contributed by atoms with Gasteiger partial charge >= 0.3 is 5.97 Å². The van der Waals surface area contributed by atoms with Crippen LogP contribution in [0, 0.1) is 0 Å². The number of nitrogens with zero attached hydrogens (tertiary/aromatic N) is 2. The summed E-state index contributed by atoms with van der Waals surface area (Å²) in [4.78, 5) is 29.6. The third kappa shape index (κ3) is 3.85. The molecule has 0 bridgehead atoms. The van der Waals surface area contributed by atoms with Gasteiger partial charge in [0.05, 0.1) is 5.56 Å². The molecule has 1 aromatic carbocycles. The Balaban J connectivity index is 1.97. The standard InChI is InChI=1S/C16H16N2O3S/c1-18(12-7-4-3-5-8-12)14(19)11-21-16(20)13-9-6-10-17-15(13)22-2/h3-10H,11H2,1-2H3. The van der Waals surface area contributed by atoms with E-state index in [1.165, 1.54) is 16.7 Å². The first kappa shape index (κ1) is 16.0. The molecule has 1 aromatic heterocycles. The number of hydrogen-bond donors (Lipinski definition) is 0. The number of carbonyl (C=O) groups is 2. The summed E-state index contributed by atoms with van der Waals surface area (Å²) >= 11 is 1.35. The Morgan fingerprint density at radius 3 is 2.59 bits per heavy atom. The van der Waals surface area contributed by atoms with Gasteiger partial charge in [-0.1, -0.05) is 18.2 Å². The first-order chi connectivity index (χ1) is 10.6. The topological polar surface area (TPSA) is 59.5 Å². The number of anilines is 1. The zero-order valence-electron chi connectivity index (χ0n) is 12.4. The highest BCUT2D eigenvalue weighted by Crippen LogP contribution is 2.18. The van der Waals surface area contributed by atoms with Gasteiger partial charge in [-0.05, 0) is 30.5 Å². The lowest BCUT2D eigenvalue weighted by atomic mass is 10.3. The quantitative estimate of drug-likeness (QED) is 0.627. The van der Waals surface area contributed by atoms with Crippen molar-refractivity contribution in [2.75, 3.05) is 24.8 Å². The molecule has 114 valence electrons. The molecule has 2 rings (SSSR count). The predicted octanol–water partition coefficient (Wildman–Crippen LogP) is 2.62. The number of carbonyl (C=O) groups excluding carboxylic acids is 2. The fraction of sp³-hybridized carbons (Fsp3) is 0.188. The molecule has 0 fully saturated rings. The minimum Gasteiger partial charge on any atom is -0.452 e. The number of aromatic nitrogens is 1. The van der Waals surface area contributed by atoms with E-state index in [2.05, 4.69) is 4.98 Å². The van der Waals surface area contributed by atoms with Crippen LogP contribution in [0.25, 0.3) is 0 Å². The Bertz CT molecular complexity index is 661. The fourth-order valence-corrected chi connectivity index (χ4v) is 2.34. The van der Waals surface area contributed by atoms with E-state index in [1.54, 1.807) is 25.4 Å². The highest BCUT2D eigenvalue weighted by atomic mass is 32.2. The summed E-state index contributed by atoms with van der Waals surface area (Å²) in [6, 6.07) is 12.5. The van der Waals surface area contributed by atoms with Gasteiger partial charge in [-0.15, -0.1) is 11.8 Å². The van der Waals surface area contributed by atoms with Gasteiger partial charge < -0.3 is 9.64 Å². The van der Waals surface area contributed by atoms with Gasteiger partial charge in [0.1, 0.15) is 5.03 Å². The number of thioether (sulfide) groups is 1. The molecule has 0 aliphatic heterocycles. The van der Waals surface area contributed by atoms with Crippen molar-refractivity contribution < 1.29 is 14.3 Å². The highest BCUT2D eigenvalue weighted by molar-refractivity contribution is 7.98. The van der Waals surface area contributed by atoms with Crippen LogP contribution in [0.5, 0.6) is 0 Å². The van der Waals surface area contributed by atoms with E-state index in [0.717, 1.165) is 5.69 Å². The normalized spacial score (nSPS) is 10.1. The Morgan fingerprint density at radius 2 is 1.91 bits per heavy atom. The highest BCUT2D eigenvalue weighted by Gasteiger charge is 2.17. The molecule has 0 saturated heterocycles. The molecular formula is C16H16N2O3S. The number of hydrogen-bond acceptors (Lipinski definition) is 5. The van der Waals surface area contributed by atoms with Gasteiger partial charge in [-0.25, -0.2) is 9.78 Å². The van der Waals surface area contributed by atoms with Crippen molar-refractivity contribution in [3.63, 3.8) is 0 Å². The first-order valence-corrected chi connectivity index (χ1v) is 7.83. The van der Waals surface area contributed by atoms with E-state index >= 15 is 0 Å². The molecule has 0 radical (unpaired) electrons. The molecule has 2 aromatic rings. The first-order valence-electron chi connectivity index (χ1n) is 6.61. The number of likely N-dealkylation sites (N-methyl/N-ethyl adjacent to an activating group) is 1. The number of para-hydroxylation sites is 1. The van der Waals surface area contributed by atoms with Gasteiger partial charge in [-0.2, -0.15) is 0 Å². The predicted molar refractivity (Wildman–Crippen MR) is 86.2 cm³/mol. The molecule has 1 heterocycles. The van der Waals surface area contributed by atoms with Crippen molar-refractivity contribution in [2.24, 2.45) is 0 Å². The minimum absolute atomic E-state index is 0.297. The maximum Gasteiger partial charge on any atom is 0.341 e. The molecular weight excluding hydrogens is 300 g/mol. The molecule has 1 amide bonds. The average molecular weight is 316 g/mol. The van der Waals surface area contributed by atoms with Crippen molar-refractivity contribution >= 4 is 29.3 Å². The van der Waals surface area contributed by atoms with Crippen LogP contribution in [0.4, 0.5) is 5.69 Å². The van der Waals surface area contributed by atoms with Gasteiger partial charge in [0.2, 0.25) is 0 Å². The Labute approximate surface area is 133 Å². The number of amides is 1. The summed E-state index contributed by atoms with van der Waals surface area (Å²) in [5.74, 6) is -0.846. The number of benzene rings is 1. The summed E-state index contributed by atoms with van der Waals surface area (Å²) in [7, 11) is 1.64. The average Bonchev–Trinajstić information content (AvgIpc) is 2.59. The van der Waals surface area contributed by atoms with Crippen LogP contribution in [0.2, 0.25) is 0 Å². The van der Waals surface area contributed by atoms with E-state index < -0.39 is 5.97 Å². The Morgan fingerprint density at radius 1 is 1.18 bits per heavy atom. The molecule has 0 atom stereocenters. The van der Waals surface area contributed by atoms with Crippen LogP contribution in [-0.4, -0.2) is 36.8 Å². The van der Waals surface area contributed by atoms with Crippen molar-refractivity contribution in [3.8, 4) is 0 Å². The van der Waals surface area contributed by atoms with E-state index in [1.807, 2.05) is 36.6 Å². The third-order valence-corrected chi connectivity index (χ3v) is 3.74. The molecule has 0 aliphatic rings. The Hall–Kier alpha value is -2.34. The number of pyridine rings is 1. The molecule has 0 saturated carbocycles. The fourth-order valence-electron chi connectivity index (χ4n) is 1.81. The number of esters is 1. The van der Waals surface area contributed by atoms with Crippen LogP contribution < -0.4 is 4.90 Å². The van der Waals surface area contributed by atoms with E-state index in [-0.39, 0.29) is 12.5 Å². The summed E-state index contributed by atoms with van der Waals surface area (Å²) < 4.78 is 5.09. The second kappa shape index (κ2) is 7.61. The molecule has 6 heteroatoms. The smallest absolute Gasteiger partial charge is 0.341 e. The number of rotatable bonds is 5. The van der Waals surface area contributed by atoms with Gasteiger partial charge in [-0.3, -0.25) is 4.79 Å². The summed E-state index contributed by atoms with van der Waals surface area (Å²) in [5, 5.41) is 0.580. The third-order valence-electron chi connectivity index (χ3n) is 3.03. The Kier molecular flexibility index (Phi) is 5.55. The molecule has 0 N–H and O–H groups in total. The van der Waals surface area contributed by atoms with E-state index in [0.29, 0.717) is 10.6 Å². The van der Waals surface area contributed by atoms with Crippen LogP contribution >= 0.6 is 11.8 Å². The minimum atomic E-state index is -0.549. The maximum absolute atomic E-state index is 12.1. The lowest BCUT2D eigenvalue weighted by Gasteiger charge is -2.17. The second-order valence-electron chi connectivity index (χ2n) is 4.42. The SMILES string of the molecule is CSc1ncccc1C(=O)OCC(=O)N(C)c1ccccc1. The van der Waals surface area contributed by atoms with Crippen molar-refractivity contribution in [3.05, 3.63) is 54.2 Å². The van der Waals surface area contributed by atoms with Gasteiger partial charge in [0, 0.05) is 18.9 Å². The second-order valence-corrected chi connectivity index (χ2v) is 5.22. The van der Waals surface area contributed by atoms with Gasteiger partial charge in [0.15, 0.2) is 6.61 Å². The van der Waals surface area contributed by atoms with Crippen molar-refractivity contribution in [1.29, 1.82) is 0 Å². The molecule has 5 nitrogen and oxygen atoms in total. The molecule has 0 aliphatic carbocycles. The lowest BCUT2D eigenvalue weighted by molar-refractivity contribution is -0.121. The summed E-state index contributed by atoms with van der Waals surface area (Å²) in [6.07, 6.45) is 3.43. The van der Waals surface area contributed by atoms with E-state index in [4.69, 9.17) is 4.74 Å². The lowest BCUT2D eigenvalue weighted by Crippen LogP contribution is -2.31. The number of ether oxygens (including phenoxy) is 1. The monoisotopic (exact) mass is 316 g/mol. The van der Waals surface area contributed by atoms with Crippen molar-refractivity contribution in [1.82, 2.24) is 4.98 Å². The van der Waals surface area contributed by atoms with Crippen LogP contribution in [-0.2, 0) is 9.53 Å². The zero-order valence-corrected chi connectivity index (χ0v) is 13.2. The van der Waals surface area contributed by atoms with Crippen molar-refractivity contribution in [2.45, 2.75) is 5.03 Å². The molecule has 0 unspecified atom stereocenters. The van der Waals surface area contributed by atoms with Gasteiger partial charge in [0.25, 0.3) is 5.91 Å². The van der Waals surface area contributed by atoms with Crippen LogP contribution in [0.15, 0.2) is 53.7 Å². The zero-order chi connectivity index (χ0) is 15.9. The van der Waals surface area contributed by atoms with Crippen LogP contribution in [0.3, 0.4) is 0 Å². The summed E-state index contributed by atoms with van der Waals surface area (Å²) in [6.45, 7) is -0.313. The van der Waals surface area contributed by atoms with Crippen LogP contribution in [0.1, 0.15) is 10.4 Å². The summed E-state index contributed by atoms with van der Waals surface area (Å²) in [5.41, 5.74) is 1.11. The molecule has 22 heavy (non-hydrogen) atoms. The maximum atomic E-state index is 12.1. The van der Waals surface area contributed by atoms with E-state index in [9.17, 15) is 9.59 Å².